The Morgan fingerprint density at radius 2 is 1.12 bits per heavy atom. The lowest BCUT2D eigenvalue weighted by atomic mass is 10.1. The number of unbranched alkanes of at least 4 members (excludes halogenated alkanes) is 9. The minimum atomic E-state index is -0.930. The summed E-state index contributed by atoms with van der Waals surface area (Å²) in [6.45, 7) is 2.26. The highest BCUT2D eigenvalue weighted by molar-refractivity contribution is 5.80. The molecule has 0 spiro atoms. The average molecular weight is 331 g/mol. The first-order valence-corrected chi connectivity index (χ1v) is 9.33. The maximum atomic E-state index is 10.2. The van der Waals surface area contributed by atoms with E-state index >= 15 is 0 Å². The van der Waals surface area contributed by atoms with Gasteiger partial charge in [-0.05, 0) is 12.8 Å². The SMILES string of the molecule is CCCCCCCCCCCC=CC=CC=C/C=C/C=C\C(=O)O. The van der Waals surface area contributed by atoms with Gasteiger partial charge < -0.3 is 5.11 Å². The Kier molecular flexibility index (Phi) is 17.8. The molecule has 134 valence electrons. The summed E-state index contributed by atoms with van der Waals surface area (Å²) >= 11 is 0. The maximum Gasteiger partial charge on any atom is 0.328 e. The number of aliphatic carboxylic acids is 1. The molecular weight excluding hydrogens is 296 g/mol. The Labute approximate surface area is 148 Å². The number of carboxylic acids is 1. The molecule has 0 rings (SSSR count). The van der Waals surface area contributed by atoms with Gasteiger partial charge in [-0.25, -0.2) is 4.79 Å². The first kappa shape index (κ1) is 22.2. The highest BCUT2D eigenvalue weighted by atomic mass is 16.4. The second-order valence-corrected chi connectivity index (χ2v) is 5.90. The van der Waals surface area contributed by atoms with Crippen LogP contribution in [0.4, 0.5) is 0 Å². The van der Waals surface area contributed by atoms with Crippen LogP contribution in [0.15, 0.2) is 60.8 Å². The van der Waals surface area contributed by atoms with Crippen LogP contribution >= 0.6 is 0 Å². The molecule has 2 heteroatoms. The van der Waals surface area contributed by atoms with Crippen molar-refractivity contribution in [3.8, 4) is 0 Å². The van der Waals surface area contributed by atoms with Crippen molar-refractivity contribution in [2.45, 2.75) is 71.1 Å². The molecule has 0 saturated carbocycles. The van der Waals surface area contributed by atoms with E-state index in [2.05, 4.69) is 19.1 Å². The van der Waals surface area contributed by atoms with Gasteiger partial charge in [0.2, 0.25) is 0 Å². The van der Waals surface area contributed by atoms with Crippen LogP contribution in [0.1, 0.15) is 71.1 Å². The third-order valence-corrected chi connectivity index (χ3v) is 3.63. The van der Waals surface area contributed by atoms with Gasteiger partial charge in [-0.15, -0.1) is 0 Å². The fourth-order valence-electron chi connectivity index (χ4n) is 2.27. The van der Waals surface area contributed by atoms with Crippen molar-refractivity contribution < 1.29 is 9.90 Å². The van der Waals surface area contributed by atoms with Crippen LogP contribution in [0.5, 0.6) is 0 Å². The van der Waals surface area contributed by atoms with Gasteiger partial charge in [0.15, 0.2) is 0 Å². The summed E-state index contributed by atoms with van der Waals surface area (Å²) in [5.41, 5.74) is 0. The second kappa shape index (κ2) is 19.2. The molecule has 0 heterocycles. The highest BCUT2D eigenvalue weighted by Crippen LogP contribution is 2.10. The molecule has 0 fully saturated rings. The molecule has 0 aliphatic rings. The van der Waals surface area contributed by atoms with Crippen molar-refractivity contribution >= 4 is 5.97 Å². The quantitative estimate of drug-likeness (QED) is 0.204. The Morgan fingerprint density at radius 1 is 0.667 bits per heavy atom. The van der Waals surface area contributed by atoms with Crippen molar-refractivity contribution in [1.82, 2.24) is 0 Å². The monoisotopic (exact) mass is 330 g/mol. The van der Waals surface area contributed by atoms with Gasteiger partial charge in [-0.1, -0.05) is 113 Å². The number of rotatable bonds is 15. The summed E-state index contributed by atoms with van der Waals surface area (Å²) < 4.78 is 0. The number of carbonyl (C=O) groups is 1. The molecule has 0 radical (unpaired) electrons. The van der Waals surface area contributed by atoms with Crippen LogP contribution in [0, 0.1) is 0 Å². The predicted molar refractivity (Wildman–Crippen MR) is 105 cm³/mol. The highest BCUT2D eigenvalue weighted by Gasteiger charge is 1.90. The summed E-state index contributed by atoms with van der Waals surface area (Å²) in [5.74, 6) is -0.930. The number of hydrogen-bond acceptors (Lipinski definition) is 1. The van der Waals surface area contributed by atoms with Gasteiger partial charge in [0.1, 0.15) is 0 Å². The number of allylic oxidation sites excluding steroid dienone is 9. The van der Waals surface area contributed by atoms with E-state index in [9.17, 15) is 4.79 Å². The molecular formula is C22H34O2. The first-order chi connectivity index (χ1) is 11.8. The molecule has 0 aromatic carbocycles. The van der Waals surface area contributed by atoms with Gasteiger partial charge >= 0.3 is 5.97 Å². The van der Waals surface area contributed by atoms with E-state index in [-0.39, 0.29) is 0 Å². The number of hydrogen-bond donors (Lipinski definition) is 1. The van der Waals surface area contributed by atoms with E-state index < -0.39 is 5.97 Å². The van der Waals surface area contributed by atoms with Gasteiger partial charge in [-0.3, -0.25) is 0 Å². The maximum absolute atomic E-state index is 10.2. The van der Waals surface area contributed by atoms with Gasteiger partial charge in [0.25, 0.3) is 0 Å². The smallest absolute Gasteiger partial charge is 0.328 e. The van der Waals surface area contributed by atoms with Crippen LogP contribution in [-0.2, 0) is 4.79 Å². The molecule has 0 aliphatic heterocycles. The van der Waals surface area contributed by atoms with E-state index in [1.54, 1.807) is 12.2 Å². The lowest BCUT2D eigenvalue weighted by Gasteiger charge is -2.00. The molecule has 0 amide bonds. The number of carboxylic acid groups (broad SMARTS) is 1. The van der Waals surface area contributed by atoms with Crippen LogP contribution < -0.4 is 0 Å². The molecule has 0 saturated heterocycles. The Hall–Kier alpha value is -1.83. The van der Waals surface area contributed by atoms with E-state index in [0.717, 1.165) is 12.5 Å². The van der Waals surface area contributed by atoms with Gasteiger partial charge in [0, 0.05) is 6.08 Å². The third kappa shape index (κ3) is 20.2. The Balaban J connectivity index is 3.44. The fourth-order valence-corrected chi connectivity index (χ4v) is 2.27. The average Bonchev–Trinajstić information content (AvgIpc) is 2.56. The van der Waals surface area contributed by atoms with Crippen LogP contribution in [0.2, 0.25) is 0 Å². The summed E-state index contributed by atoms with van der Waals surface area (Å²) in [5, 5.41) is 8.40. The van der Waals surface area contributed by atoms with Crippen LogP contribution in [0.25, 0.3) is 0 Å². The van der Waals surface area contributed by atoms with Crippen molar-refractivity contribution in [3.63, 3.8) is 0 Å². The molecule has 0 bridgehead atoms. The summed E-state index contributed by atoms with van der Waals surface area (Å²) in [6, 6.07) is 0. The summed E-state index contributed by atoms with van der Waals surface area (Å²) in [7, 11) is 0. The molecule has 24 heavy (non-hydrogen) atoms. The molecule has 1 N–H and O–H groups in total. The second-order valence-electron chi connectivity index (χ2n) is 5.90. The van der Waals surface area contributed by atoms with E-state index in [4.69, 9.17) is 5.11 Å². The first-order valence-electron chi connectivity index (χ1n) is 9.33. The molecule has 0 unspecified atom stereocenters. The van der Waals surface area contributed by atoms with E-state index in [1.165, 1.54) is 63.9 Å². The molecule has 0 aromatic rings. The normalized spacial score (nSPS) is 12.7. The zero-order chi connectivity index (χ0) is 17.7. The largest absolute Gasteiger partial charge is 0.478 e. The molecule has 0 aromatic heterocycles. The van der Waals surface area contributed by atoms with Gasteiger partial charge in [-0.2, -0.15) is 0 Å². The molecule has 2 nitrogen and oxygen atoms in total. The Bertz CT molecular complexity index is 425. The van der Waals surface area contributed by atoms with E-state index in [0.29, 0.717) is 0 Å². The van der Waals surface area contributed by atoms with Crippen molar-refractivity contribution in [3.05, 3.63) is 60.8 Å². The van der Waals surface area contributed by atoms with Crippen molar-refractivity contribution in [2.24, 2.45) is 0 Å². The fraction of sp³-hybridized carbons (Fsp3) is 0.500. The lowest BCUT2D eigenvalue weighted by molar-refractivity contribution is -0.131. The minimum absolute atomic E-state index is 0.930. The van der Waals surface area contributed by atoms with Crippen molar-refractivity contribution in [2.75, 3.05) is 0 Å². The Morgan fingerprint density at radius 3 is 1.67 bits per heavy atom. The molecule has 0 atom stereocenters. The lowest BCUT2D eigenvalue weighted by Crippen LogP contribution is -1.84. The van der Waals surface area contributed by atoms with Gasteiger partial charge in [0.05, 0.1) is 0 Å². The topological polar surface area (TPSA) is 37.3 Å². The zero-order valence-electron chi connectivity index (χ0n) is 15.2. The standard InChI is InChI=1S/C22H34O2/c1-2-3-4-5-6-7-8-9-10-11-12-13-14-15-16-17-18-19-20-21-22(23)24/h12-21H,2-11H2,1H3,(H,23,24)/b13-12?,15-14?,17-16?,19-18+,21-20-. The third-order valence-electron chi connectivity index (χ3n) is 3.63. The minimum Gasteiger partial charge on any atom is -0.478 e. The summed E-state index contributed by atoms with van der Waals surface area (Å²) in [4.78, 5) is 10.2. The van der Waals surface area contributed by atoms with Crippen molar-refractivity contribution in [1.29, 1.82) is 0 Å². The zero-order valence-corrected chi connectivity index (χ0v) is 15.2. The predicted octanol–water partition coefficient (Wildman–Crippen LogP) is 6.77. The van der Waals surface area contributed by atoms with E-state index in [1.807, 2.05) is 24.3 Å². The summed E-state index contributed by atoms with van der Waals surface area (Å²) in [6.07, 6.45) is 31.7. The van der Waals surface area contributed by atoms with Crippen LogP contribution in [-0.4, -0.2) is 11.1 Å². The van der Waals surface area contributed by atoms with Crippen LogP contribution in [0.3, 0.4) is 0 Å². The molecule has 0 aliphatic carbocycles.